The Labute approximate surface area is 153 Å². The van der Waals surface area contributed by atoms with Crippen LogP contribution in [0.15, 0.2) is 24.3 Å². The molecule has 0 bridgehead atoms. The molecule has 1 N–H and O–H groups in total. The van der Waals surface area contributed by atoms with E-state index in [0.717, 1.165) is 18.7 Å². The zero-order chi connectivity index (χ0) is 17.9. The molecule has 1 aromatic carbocycles. The Hall–Kier alpha value is -1.63. The van der Waals surface area contributed by atoms with Crippen LogP contribution in [0.25, 0.3) is 0 Å². The van der Waals surface area contributed by atoms with Gasteiger partial charge >= 0.3 is 0 Å². The molecule has 6 nitrogen and oxygen atoms in total. The molecule has 0 unspecified atom stereocenters. The van der Waals surface area contributed by atoms with Crippen molar-refractivity contribution >= 4 is 23.4 Å². The molecule has 2 amide bonds. The lowest BCUT2D eigenvalue weighted by Gasteiger charge is -2.41. The van der Waals surface area contributed by atoms with Crippen molar-refractivity contribution in [1.82, 2.24) is 15.1 Å². The summed E-state index contributed by atoms with van der Waals surface area (Å²) < 4.78 is 5.59. The predicted molar refractivity (Wildman–Crippen MR) is 95.3 cm³/mol. The number of nitrogens with zero attached hydrogens (tertiary/aromatic N) is 2. The van der Waals surface area contributed by atoms with Crippen molar-refractivity contribution < 1.29 is 14.3 Å². The van der Waals surface area contributed by atoms with Crippen molar-refractivity contribution in [3.05, 3.63) is 34.9 Å². The van der Waals surface area contributed by atoms with Gasteiger partial charge in [-0.3, -0.25) is 9.59 Å². The van der Waals surface area contributed by atoms with E-state index >= 15 is 0 Å². The maximum Gasteiger partial charge on any atom is 0.255 e. The lowest BCUT2D eigenvalue weighted by Crippen LogP contribution is -2.60. The Balaban J connectivity index is 1.62. The second-order valence-electron chi connectivity index (χ2n) is 6.62. The first-order valence-electron chi connectivity index (χ1n) is 8.61. The van der Waals surface area contributed by atoms with Crippen LogP contribution in [0, 0.1) is 0 Å². The molecule has 2 aliphatic rings. The molecule has 136 valence electrons. The monoisotopic (exact) mass is 365 g/mol. The third kappa shape index (κ3) is 3.97. The second-order valence-corrected chi connectivity index (χ2v) is 7.05. The van der Waals surface area contributed by atoms with Gasteiger partial charge in [0.05, 0.1) is 6.54 Å². The van der Waals surface area contributed by atoms with Crippen LogP contribution in [-0.4, -0.2) is 67.0 Å². The number of piperidine rings is 1. The molecule has 2 fully saturated rings. The van der Waals surface area contributed by atoms with Gasteiger partial charge in [0, 0.05) is 31.8 Å². The minimum atomic E-state index is -0.788. The third-order valence-electron chi connectivity index (χ3n) is 5.08. The van der Waals surface area contributed by atoms with Gasteiger partial charge in [0.15, 0.2) is 0 Å². The number of carbonyl (C=O) groups excluding carboxylic acids is 2. The number of piperazine rings is 1. The van der Waals surface area contributed by atoms with Crippen LogP contribution in [-0.2, 0) is 20.9 Å². The van der Waals surface area contributed by atoms with Gasteiger partial charge in [-0.2, -0.15) is 0 Å². The second kappa shape index (κ2) is 7.72. The van der Waals surface area contributed by atoms with Crippen LogP contribution in [0.1, 0.15) is 18.4 Å². The molecule has 25 heavy (non-hydrogen) atoms. The molecule has 0 saturated carbocycles. The standard InChI is InChI=1S/C18H24ClN3O3/c1-25-18(6-8-20-9-7-18)17(24)22-11-10-21(16(23)13-22)12-14-2-4-15(19)5-3-14/h2-5,20H,6-13H2,1H3. The fraction of sp³-hybridized carbons (Fsp3) is 0.556. The summed E-state index contributed by atoms with van der Waals surface area (Å²) in [6.45, 7) is 3.23. The topological polar surface area (TPSA) is 61.9 Å². The Bertz CT molecular complexity index is 629. The lowest BCUT2D eigenvalue weighted by atomic mass is 9.90. The number of carbonyl (C=O) groups is 2. The van der Waals surface area contributed by atoms with E-state index in [4.69, 9.17) is 16.3 Å². The van der Waals surface area contributed by atoms with E-state index in [1.54, 1.807) is 16.9 Å². The average Bonchev–Trinajstić information content (AvgIpc) is 2.65. The van der Waals surface area contributed by atoms with Crippen LogP contribution in [0.2, 0.25) is 5.02 Å². The van der Waals surface area contributed by atoms with Gasteiger partial charge in [-0.15, -0.1) is 0 Å². The molecule has 0 aliphatic carbocycles. The highest BCUT2D eigenvalue weighted by molar-refractivity contribution is 6.30. The van der Waals surface area contributed by atoms with Gasteiger partial charge < -0.3 is 19.9 Å². The molecule has 7 heteroatoms. The highest BCUT2D eigenvalue weighted by Crippen LogP contribution is 2.26. The first kappa shape index (κ1) is 18.2. The first-order chi connectivity index (χ1) is 12.0. The first-order valence-corrected chi connectivity index (χ1v) is 8.99. The predicted octanol–water partition coefficient (Wildman–Crippen LogP) is 1.28. The van der Waals surface area contributed by atoms with E-state index in [1.807, 2.05) is 24.3 Å². The number of hydrogen-bond donors (Lipinski definition) is 1. The van der Waals surface area contributed by atoms with Gasteiger partial charge in [-0.1, -0.05) is 23.7 Å². The number of rotatable bonds is 4. The van der Waals surface area contributed by atoms with Crippen LogP contribution in [0.5, 0.6) is 0 Å². The van der Waals surface area contributed by atoms with Gasteiger partial charge in [-0.05, 0) is 43.6 Å². The summed E-state index contributed by atoms with van der Waals surface area (Å²) in [5, 5.41) is 3.92. The number of halogens is 1. The largest absolute Gasteiger partial charge is 0.368 e. The number of hydrogen-bond acceptors (Lipinski definition) is 4. The summed E-state index contributed by atoms with van der Waals surface area (Å²) in [6.07, 6.45) is 1.28. The molecule has 3 rings (SSSR count). The number of ether oxygens (including phenoxy) is 1. The summed E-state index contributed by atoms with van der Waals surface area (Å²) in [5.41, 5.74) is 0.244. The number of benzene rings is 1. The minimum absolute atomic E-state index is 0.0327. The van der Waals surface area contributed by atoms with Crippen molar-refractivity contribution in [2.75, 3.05) is 39.8 Å². The highest BCUT2D eigenvalue weighted by Gasteiger charge is 2.44. The fourth-order valence-electron chi connectivity index (χ4n) is 3.48. The molecule has 0 atom stereocenters. The number of nitrogens with one attached hydrogen (secondary N) is 1. The number of methoxy groups -OCH3 is 1. The summed E-state index contributed by atoms with van der Waals surface area (Å²) in [4.78, 5) is 28.9. The SMILES string of the molecule is COC1(C(=O)N2CCN(Cc3ccc(Cl)cc3)C(=O)C2)CCNCC1. The van der Waals surface area contributed by atoms with E-state index in [9.17, 15) is 9.59 Å². The van der Waals surface area contributed by atoms with E-state index in [-0.39, 0.29) is 18.4 Å². The summed E-state index contributed by atoms with van der Waals surface area (Å²) in [5.74, 6) is -0.0919. The van der Waals surface area contributed by atoms with E-state index in [1.165, 1.54) is 0 Å². The molecule has 0 radical (unpaired) electrons. The van der Waals surface area contributed by atoms with Gasteiger partial charge in [0.1, 0.15) is 5.60 Å². The van der Waals surface area contributed by atoms with E-state index in [2.05, 4.69) is 5.32 Å². The summed E-state index contributed by atoms with van der Waals surface area (Å²) in [6, 6.07) is 7.48. The highest BCUT2D eigenvalue weighted by atomic mass is 35.5. The van der Waals surface area contributed by atoms with Gasteiger partial charge in [-0.25, -0.2) is 0 Å². The molecule has 2 saturated heterocycles. The van der Waals surface area contributed by atoms with Gasteiger partial charge in [0.25, 0.3) is 5.91 Å². The van der Waals surface area contributed by atoms with Crippen LogP contribution in [0.4, 0.5) is 0 Å². The van der Waals surface area contributed by atoms with Crippen molar-refractivity contribution in [3.63, 3.8) is 0 Å². The normalized spacial score (nSPS) is 20.6. The quantitative estimate of drug-likeness (QED) is 0.873. The molecule has 0 spiro atoms. The molecular weight excluding hydrogens is 342 g/mol. The smallest absolute Gasteiger partial charge is 0.255 e. The summed E-state index contributed by atoms with van der Waals surface area (Å²) >= 11 is 5.90. The molecular formula is C18H24ClN3O3. The minimum Gasteiger partial charge on any atom is -0.368 e. The maximum atomic E-state index is 12.9. The maximum absolute atomic E-state index is 12.9. The van der Waals surface area contributed by atoms with Gasteiger partial charge in [0.2, 0.25) is 5.91 Å². The Morgan fingerprint density at radius 3 is 2.52 bits per heavy atom. The Morgan fingerprint density at radius 1 is 1.24 bits per heavy atom. The Morgan fingerprint density at radius 2 is 1.92 bits per heavy atom. The van der Waals surface area contributed by atoms with Crippen molar-refractivity contribution in [3.8, 4) is 0 Å². The molecule has 2 heterocycles. The van der Waals surface area contributed by atoms with Crippen LogP contribution >= 0.6 is 11.6 Å². The van der Waals surface area contributed by atoms with E-state index < -0.39 is 5.60 Å². The van der Waals surface area contributed by atoms with Crippen molar-refractivity contribution in [2.45, 2.75) is 25.0 Å². The van der Waals surface area contributed by atoms with Crippen LogP contribution in [0.3, 0.4) is 0 Å². The number of amides is 2. The van der Waals surface area contributed by atoms with Crippen molar-refractivity contribution in [2.24, 2.45) is 0 Å². The average molecular weight is 366 g/mol. The molecule has 1 aromatic rings. The zero-order valence-electron chi connectivity index (χ0n) is 14.5. The molecule has 0 aromatic heterocycles. The van der Waals surface area contributed by atoms with Crippen molar-refractivity contribution in [1.29, 1.82) is 0 Å². The summed E-state index contributed by atoms with van der Waals surface area (Å²) in [7, 11) is 1.59. The van der Waals surface area contributed by atoms with E-state index in [0.29, 0.717) is 37.5 Å². The zero-order valence-corrected chi connectivity index (χ0v) is 15.2. The Kier molecular flexibility index (Phi) is 5.61. The fourth-order valence-corrected chi connectivity index (χ4v) is 3.61. The molecule has 2 aliphatic heterocycles. The van der Waals surface area contributed by atoms with Crippen LogP contribution < -0.4 is 5.32 Å². The third-order valence-corrected chi connectivity index (χ3v) is 5.34. The lowest BCUT2D eigenvalue weighted by molar-refractivity contribution is -0.164.